The van der Waals surface area contributed by atoms with Crippen molar-refractivity contribution >= 4 is 10.0 Å². The fourth-order valence-electron chi connectivity index (χ4n) is 3.13. The predicted molar refractivity (Wildman–Crippen MR) is 100 cm³/mol. The third kappa shape index (κ3) is 4.78. The molecule has 0 bridgehead atoms. The number of nitrogens with zero attached hydrogens (tertiary/aromatic N) is 2. The lowest BCUT2D eigenvalue weighted by Crippen LogP contribution is -2.48. The van der Waals surface area contributed by atoms with E-state index in [9.17, 15) is 17.2 Å². The van der Waals surface area contributed by atoms with Gasteiger partial charge in [0.15, 0.2) is 11.5 Å². The van der Waals surface area contributed by atoms with E-state index in [2.05, 4.69) is 9.64 Å². The first-order valence-electron chi connectivity index (χ1n) is 8.79. The van der Waals surface area contributed by atoms with Gasteiger partial charge in [0.05, 0.1) is 12.0 Å². The predicted octanol–water partition coefficient (Wildman–Crippen LogP) is 2.80. The van der Waals surface area contributed by atoms with Gasteiger partial charge in [-0.25, -0.2) is 8.42 Å². The summed E-state index contributed by atoms with van der Waals surface area (Å²) in [5.41, 5.74) is 0.873. The van der Waals surface area contributed by atoms with E-state index in [-0.39, 0.29) is 11.5 Å². The number of alkyl halides is 2. The third-order valence-electron chi connectivity index (χ3n) is 4.56. The zero-order chi connectivity index (χ0) is 20.1. The van der Waals surface area contributed by atoms with E-state index in [1.165, 1.54) is 17.5 Å². The van der Waals surface area contributed by atoms with Crippen LogP contribution in [0.3, 0.4) is 0 Å². The van der Waals surface area contributed by atoms with Gasteiger partial charge in [0.1, 0.15) is 0 Å². The summed E-state index contributed by atoms with van der Waals surface area (Å²) in [7, 11) is -2.09. The second-order valence-electron chi connectivity index (χ2n) is 6.36. The van der Waals surface area contributed by atoms with Gasteiger partial charge in [0.25, 0.3) is 0 Å². The molecule has 0 spiro atoms. The molecular formula is C19H22F2N2O4S. The van der Waals surface area contributed by atoms with Crippen LogP contribution in [0, 0.1) is 0 Å². The zero-order valence-electron chi connectivity index (χ0n) is 15.4. The molecule has 1 saturated heterocycles. The van der Waals surface area contributed by atoms with E-state index in [4.69, 9.17) is 4.74 Å². The van der Waals surface area contributed by atoms with E-state index in [0.717, 1.165) is 5.56 Å². The molecule has 1 aliphatic rings. The Morgan fingerprint density at radius 1 is 1.00 bits per heavy atom. The lowest BCUT2D eigenvalue weighted by Gasteiger charge is -2.34. The second-order valence-corrected chi connectivity index (χ2v) is 8.29. The number of sulfonamides is 1. The summed E-state index contributed by atoms with van der Waals surface area (Å²) < 4.78 is 61.2. The Balaban J connectivity index is 1.61. The van der Waals surface area contributed by atoms with Crippen molar-refractivity contribution < 1.29 is 26.7 Å². The number of methoxy groups -OCH3 is 1. The maximum Gasteiger partial charge on any atom is 0.387 e. The van der Waals surface area contributed by atoms with Crippen LogP contribution < -0.4 is 9.47 Å². The Labute approximate surface area is 163 Å². The molecule has 0 radical (unpaired) electrons. The molecule has 28 heavy (non-hydrogen) atoms. The van der Waals surface area contributed by atoms with Crippen molar-refractivity contribution in [1.29, 1.82) is 0 Å². The highest BCUT2D eigenvalue weighted by Gasteiger charge is 2.28. The van der Waals surface area contributed by atoms with Crippen molar-refractivity contribution in [3.63, 3.8) is 0 Å². The van der Waals surface area contributed by atoms with Crippen LogP contribution in [0.2, 0.25) is 0 Å². The Kier molecular flexibility index (Phi) is 6.48. The van der Waals surface area contributed by atoms with Crippen LogP contribution >= 0.6 is 0 Å². The van der Waals surface area contributed by atoms with E-state index in [0.29, 0.717) is 37.6 Å². The van der Waals surface area contributed by atoms with Crippen molar-refractivity contribution in [1.82, 2.24) is 9.21 Å². The molecular weight excluding hydrogens is 390 g/mol. The molecule has 1 aliphatic heterocycles. The highest BCUT2D eigenvalue weighted by molar-refractivity contribution is 7.89. The second kappa shape index (κ2) is 8.85. The van der Waals surface area contributed by atoms with Crippen molar-refractivity contribution in [2.45, 2.75) is 18.1 Å². The average molecular weight is 412 g/mol. The van der Waals surface area contributed by atoms with Crippen molar-refractivity contribution in [2.75, 3.05) is 33.3 Å². The minimum Gasteiger partial charge on any atom is -0.493 e. The largest absolute Gasteiger partial charge is 0.493 e. The molecule has 0 aliphatic carbocycles. The Bertz CT molecular complexity index is 886. The Hall–Kier alpha value is -2.23. The van der Waals surface area contributed by atoms with Crippen LogP contribution in [-0.2, 0) is 16.6 Å². The van der Waals surface area contributed by atoms with Crippen LogP contribution in [0.5, 0.6) is 11.5 Å². The standard InChI is InChI=1S/C19H22F2N2O4S/c1-26-18-13-15(7-8-17(18)27-19(20)21)14-22-9-11-23(12-10-22)28(24,25)16-5-3-2-4-6-16/h2-8,13,19H,9-12,14H2,1H3. The maximum absolute atomic E-state index is 12.7. The number of rotatable bonds is 7. The lowest BCUT2D eigenvalue weighted by atomic mass is 10.1. The molecule has 0 N–H and O–H groups in total. The molecule has 0 saturated carbocycles. The number of ether oxygens (including phenoxy) is 2. The highest BCUT2D eigenvalue weighted by atomic mass is 32.2. The van der Waals surface area contributed by atoms with Crippen molar-refractivity contribution in [3.8, 4) is 11.5 Å². The molecule has 0 amide bonds. The molecule has 0 unspecified atom stereocenters. The number of benzene rings is 2. The third-order valence-corrected chi connectivity index (χ3v) is 6.48. The minimum atomic E-state index is -3.49. The van der Waals surface area contributed by atoms with Crippen LogP contribution in [0.25, 0.3) is 0 Å². The number of hydrogen-bond donors (Lipinski definition) is 0. The molecule has 2 aromatic rings. The van der Waals surface area contributed by atoms with E-state index in [1.807, 2.05) is 0 Å². The van der Waals surface area contributed by atoms with Gasteiger partial charge < -0.3 is 9.47 Å². The normalized spacial score (nSPS) is 16.3. The summed E-state index contributed by atoms with van der Waals surface area (Å²) in [6, 6.07) is 13.2. The SMILES string of the molecule is COc1cc(CN2CCN(S(=O)(=O)c3ccccc3)CC2)ccc1OC(F)F. The van der Waals surface area contributed by atoms with Crippen molar-refractivity contribution in [3.05, 3.63) is 54.1 Å². The number of piperazine rings is 1. The molecule has 9 heteroatoms. The average Bonchev–Trinajstić information content (AvgIpc) is 2.70. The quantitative estimate of drug-likeness (QED) is 0.700. The molecule has 152 valence electrons. The molecule has 0 atom stereocenters. The van der Waals surface area contributed by atoms with E-state index >= 15 is 0 Å². The summed E-state index contributed by atoms with van der Waals surface area (Å²) in [5.74, 6) is 0.225. The van der Waals surface area contributed by atoms with Gasteiger partial charge >= 0.3 is 6.61 Å². The van der Waals surface area contributed by atoms with Gasteiger partial charge in [0, 0.05) is 32.7 Å². The Morgan fingerprint density at radius 3 is 2.29 bits per heavy atom. The van der Waals surface area contributed by atoms with Gasteiger partial charge in [-0.2, -0.15) is 13.1 Å². The first-order chi connectivity index (χ1) is 13.4. The van der Waals surface area contributed by atoms with E-state index in [1.54, 1.807) is 42.5 Å². The fourth-order valence-corrected chi connectivity index (χ4v) is 4.57. The molecule has 6 nitrogen and oxygen atoms in total. The molecule has 1 heterocycles. The summed E-state index contributed by atoms with van der Waals surface area (Å²) in [6.45, 7) is -0.431. The molecule has 3 rings (SSSR count). The van der Waals surface area contributed by atoms with Crippen LogP contribution in [0.1, 0.15) is 5.56 Å². The monoisotopic (exact) mass is 412 g/mol. The van der Waals surface area contributed by atoms with Crippen LogP contribution in [0.15, 0.2) is 53.4 Å². The molecule has 1 fully saturated rings. The maximum atomic E-state index is 12.7. The number of halogens is 2. The van der Waals surface area contributed by atoms with Crippen molar-refractivity contribution in [2.24, 2.45) is 0 Å². The Morgan fingerprint density at radius 2 is 1.68 bits per heavy atom. The molecule has 2 aromatic carbocycles. The summed E-state index contributed by atoms with van der Waals surface area (Å²) >= 11 is 0. The zero-order valence-corrected chi connectivity index (χ0v) is 16.2. The summed E-state index contributed by atoms with van der Waals surface area (Å²) in [4.78, 5) is 2.40. The number of hydrogen-bond acceptors (Lipinski definition) is 5. The smallest absolute Gasteiger partial charge is 0.387 e. The fraction of sp³-hybridized carbons (Fsp3) is 0.368. The van der Waals surface area contributed by atoms with Gasteiger partial charge in [0.2, 0.25) is 10.0 Å². The minimum absolute atomic E-state index is 0.0139. The van der Waals surface area contributed by atoms with Gasteiger partial charge in [-0.1, -0.05) is 24.3 Å². The summed E-state index contributed by atoms with van der Waals surface area (Å²) in [5, 5.41) is 0. The van der Waals surface area contributed by atoms with Gasteiger partial charge in [-0.05, 0) is 29.8 Å². The topological polar surface area (TPSA) is 59.1 Å². The van der Waals surface area contributed by atoms with Gasteiger partial charge in [-0.3, -0.25) is 4.90 Å². The van der Waals surface area contributed by atoms with Gasteiger partial charge in [-0.15, -0.1) is 0 Å². The highest BCUT2D eigenvalue weighted by Crippen LogP contribution is 2.30. The lowest BCUT2D eigenvalue weighted by molar-refractivity contribution is -0.0512. The first kappa shape index (κ1) is 20.5. The first-order valence-corrected chi connectivity index (χ1v) is 10.2. The van der Waals surface area contributed by atoms with E-state index < -0.39 is 16.6 Å². The van der Waals surface area contributed by atoms with Crippen LogP contribution in [-0.4, -0.2) is 57.5 Å². The summed E-state index contributed by atoms with van der Waals surface area (Å²) in [6.07, 6.45) is 0. The van der Waals surface area contributed by atoms with Crippen LogP contribution in [0.4, 0.5) is 8.78 Å². The molecule has 0 aromatic heterocycles.